The van der Waals surface area contributed by atoms with Gasteiger partial charge in [0.25, 0.3) is 5.24 Å². The number of carbonyl (C=O) groups excluding carboxylic acids is 2. The molecule has 2 heterocycles. The predicted octanol–water partition coefficient (Wildman–Crippen LogP) is -0.202. The van der Waals surface area contributed by atoms with Gasteiger partial charge in [-0.1, -0.05) is 30.0 Å². The minimum absolute atomic E-state index is 0.268. The van der Waals surface area contributed by atoms with Crippen LogP contribution in [0.15, 0.2) is 18.2 Å². The molecule has 1 aromatic carbocycles. The fourth-order valence-corrected chi connectivity index (χ4v) is 3.11. The molecule has 0 radical (unpaired) electrons. The Bertz CT molecular complexity index is 536. The number of hydrogen-bond acceptors (Lipinski definition) is 5. The first-order valence-corrected chi connectivity index (χ1v) is 6.45. The van der Waals surface area contributed by atoms with E-state index in [1.165, 1.54) is 0 Å². The van der Waals surface area contributed by atoms with Crippen molar-refractivity contribution >= 4 is 35.5 Å². The van der Waals surface area contributed by atoms with Gasteiger partial charge in [0, 0.05) is 0 Å². The van der Waals surface area contributed by atoms with E-state index in [9.17, 15) is 14.6 Å². The maximum Gasteiger partial charge on any atom is 0.492 e. The fraction of sp³-hybridized carbons (Fsp3) is 0.273. The molecular weight excluding hydrogens is 253 g/mol. The second kappa shape index (κ2) is 4.42. The zero-order valence-electron chi connectivity index (χ0n) is 9.38. The topological polar surface area (TPSA) is 75.6 Å². The Morgan fingerprint density at radius 2 is 2.33 bits per heavy atom. The third-order valence-corrected chi connectivity index (χ3v) is 4.08. The molecule has 1 atom stereocenters. The van der Waals surface area contributed by atoms with Crippen LogP contribution in [0.5, 0.6) is 0 Å². The van der Waals surface area contributed by atoms with Gasteiger partial charge in [-0.3, -0.25) is 14.9 Å². The van der Waals surface area contributed by atoms with E-state index in [0.29, 0.717) is 13.0 Å². The Kier molecular flexibility index (Phi) is 2.89. The van der Waals surface area contributed by atoms with Crippen molar-refractivity contribution in [1.82, 2.24) is 5.32 Å². The Morgan fingerprint density at radius 1 is 1.50 bits per heavy atom. The van der Waals surface area contributed by atoms with Crippen LogP contribution in [0.2, 0.25) is 0 Å². The van der Waals surface area contributed by atoms with Crippen molar-refractivity contribution in [2.24, 2.45) is 0 Å². The summed E-state index contributed by atoms with van der Waals surface area (Å²) in [6.07, 6.45) is 0.422. The molecule has 1 unspecified atom stereocenters. The van der Waals surface area contributed by atoms with Gasteiger partial charge in [-0.15, -0.1) is 0 Å². The SMILES string of the molecule is O=C1NC(=O)C(Cc2cccc3c2B(O)OC3)S1. The van der Waals surface area contributed by atoms with Crippen molar-refractivity contribution in [3.8, 4) is 0 Å². The molecule has 2 amide bonds. The largest absolute Gasteiger partial charge is 0.492 e. The first-order valence-electron chi connectivity index (χ1n) is 5.57. The number of imide groups is 1. The standard InChI is InChI=1S/C11H10BNO4S/c14-10-8(18-11(15)13-10)4-6-2-1-3-7-5-17-12(16)9(6)7/h1-3,8,16H,4-5H2,(H,13,14,15). The highest BCUT2D eigenvalue weighted by molar-refractivity contribution is 8.15. The van der Waals surface area contributed by atoms with Crippen LogP contribution in [0.1, 0.15) is 11.1 Å². The highest BCUT2D eigenvalue weighted by atomic mass is 32.2. The van der Waals surface area contributed by atoms with Gasteiger partial charge >= 0.3 is 7.12 Å². The Balaban J connectivity index is 1.88. The zero-order valence-corrected chi connectivity index (χ0v) is 10.2. The molecule has 5 nitrogen and oxygen atoms in total. The predicted molar refractivity (Wildman–Crippen MR) is 67.5 cm³/mol. The van der Waals surface area contributed by atoms with Gasteiger partial charge in [0.05, 0.1) is 11.9 Å². The molecule has 0 aromatic heterocycles. The number of thioether (sulfide) groups is 1. The molecule has 7 heteroatoms. The molecule has 0 saturated carbocycles. The fourth-order valence-electron chi connectivity index (χ4n) is 2.27. The quantitative estimate of drug-likeness (QED) is 0.722. The minimum atomic E-state index is -0.929. The van der Waals surface area contributed by atoms with E-state index in [0.717, 1.165) is 28.4 Å². The molecule has 92 valence electrons. The van der Waals surface area contributed by atoms with Crippen LogP contribution in [0.4, 0.5) is 4.79 Å². The normalized spacial score (nSPS) is 22.3. The Morgan fingerprint density at radius 3 is 3.06 bits per heavy atom. The van der Waals surface area contributed by atoms with E-state index < -0.39 is 12.4 Å². The Hall–Kier alpha value is -1.31. The third kappa shape index (κ3) is 1.94. The van der Waals surface area contributed by atoms with Crippen LogP contribution in [0.3, 0.4) is 0 Å². The Labute approximate surface area is 108 Å². The summed E-state index contributed by atoms with van der Waals surface area (Å²) >= 11 is 0.993. The van der Waals surface area contributed by atoms with Gasteiger partial charge < -0.3 is 9.68 Å². The number of amides is 2. The minimum Gasteiger partial charge on any atom is -0.423 e. The van der Waals surface area contributed by atoms with E-state index in [4.69, 9.17) is 4.65 Å². The molecule has 0 bridgehead atoms. The zero-order chi connectivity index (χ0) is 12.7. The number of fused-ring (bicyclic) bond motifs is 1. The molecule has 1 fully saturated rings. The van der Waals surface area contributed by atoms with Gasteiger partial charge in [0.1, 0.15) is 0 Å². The average Bonchev–Trinajstić information content (AvgIpc) is 2.84. The van der Waals surface area contributed by atoms with E-state index in [-0.39, 0.29) is 11.1 Å². The monoisotopic (exact) mass is 263 g/mol. The van der Waals surface area contributed by atoms with Crippen LogP contribution >= 0.6 is 11.8 Å². The van der Waals surface area contributed by atoms with Crippen LogP contribution in [-0.2, 0) is 22.5 Å². The van der Waals surface area contributed by atoms with E-state index in [2.05, 4.69) is 5.32 Å². The lowest BCUT2D eigenvalue weighted by molar-refractivity contribution is -0.118. The van der Waals surface area contributed by atoms with Gasteiger partial charge in [-0.05, 0) is 23.0 Å². The van der Waals surface area contributed by atoms with E-state index >= 15 is 0 Å². The second-order valence-corrected chi connectivity index (χ2v) is 5.42. The summed E-state index contributed by atoms with van der Waals surface area (Å²) in [5.41, 5.74) is 2.54. The van der Waals surface area contributed by atoms with Crippen molar-refractivity contribution in [2.45, 2.75) is 18.3 Å². The molecule has 3 rings (SSSR count). The van der Waals surface area contributed by atoms with Crippen molar-refractivity contribution in [2.75, 3.05) is 0 Å². The lowest BCUT2D eigenvalue weighted by Gasteiger charge is -2.10. The number of carbonyl (C=O) groups is 2. The lowest BCUT2D eigenvalue weighted by Crippen LogP contribution is -2.34. The summed E-state index contributed by atoms with van der Waals surface area (Å²) in [6, 6.07) is 5.62. The summed E-state index contributed by atoms with van der Waals surface area (Å²) in [7, 11) is -0.929. The first-order chi connectivity index (χ1) is 8.65. The van der Waals surface area contributed by atoms with Gasteiger partial charge in [0.2, 0.25) is 5.91 Å². The van der Waals surface area contributed by atoms with Crippen LogP contribution in [0.25, 0.3) is 0 Å². The first kappa shape index (κ1) is 11.8. The summed E-state index contributed by atoms with van der Waals surface area (Å²) in [5.74, 6) is -0.268. The van der Waals surface area contributed by atoms with Gasteiger partial charge in [0.15, 0.2) is 0 Å². The molecule has 0 aliphatic carbocycles. The molecule has 2 N–H and O–H groups in total. The number of benzene rings is 1. The van der Waals surface area contributed by atoms with Crippen molar-refractivity contribution in [1.29, 1.82) is 0 Å². The highest BCUT2D eigenvalue weighted by Crippen LogP contribution is 2.23. The van der Waals surface area contributed by atoms with Crippen LogP contribution in [0, 0.1) is 0 Å². The maximum absolute atomic E-state index is 11.5. The smallest absolute Gasteiger partial charge is 0.423 e. The molecule has 1 saturated heterocycles. The molecule has 1 aromatic rings. The maximum atomic E-state index is 11.5. The summed E-state index contributed by atoms with van der Waals surface area (Å²) in [6.45, 7) is 0.382. The van der Waals surface area contributed by atoms with Gasteiger partial charge in [-0.2, -0.15) is 0 Å². The number of rotatable bonds is 2. The molecule has 0 spiro atoms. The molecule has 18 heavy (non-hydrogen) atoms. The number of hydrogen-bond donors (Lipinski definition) is 2. The van der Waals surface area contributed by atoms with Crippen molar-refractivity contribution in [3.63, 3.8) is 0 Å². The van der Waals surface area contributed by atoms with E-state index in [1.54, 1.807) is 0 Å². The molecular formula is C11H10BNO4S. The van der Waals surface area contributed by atoms with Crippen LogP contribution < -0.4 is 10.8 Å². The van der Waals surface area contributed by atoms with Gasteiger partial charge in [-0.25, -0.2) is 0 Å². The second-order valence-electron chi connectivity index (χ2n) is 4.24. The third-order valence-electron chi connectivity index (χ3n) is 3.10. The van der Waals surface area contributed by atoms with Crippen LogP contribution in [-0.4, -0.2) is 28.5 Å². The number of nitrogens with one attached hydrogen (secondary N) is 1. The molecule has 2 aliphatic rings. The molecule has 2 aliphatic heterocycles. The summed E-state index contributed by atoms with van der Waals surface area (Å²) in [4.78, 5) is 22.6. The van der Waals surface area contributed by atoms with Crippen molar-refractivity contribution < 1.29 is 19.3 Å². The van der Waals surface area contributed by atoms with Crippen molar-refractivity contribution in [3.05, 3.63) is 29.3 Å². The summed E-state index contributed by atoms with van der Waals surface area (Å²) in [5, 5.41) is 11.3. The van der Waals surface area contributed by atoms with E-state index in [1.807, 2.05) is 18.2 Å². The summed E-state index contributed by atoms with van der Waals surface area (Å²) < 4.78 is 5.16. The lowest BCUT2D eigenvalue weighted by atomic mass is 9.75. The average molecular weight is 263 g/mol. The highest BCUT2D eigenvalue weighted by Gasteiger charge is 2.35.